The first-order chi connectivity index (χ1) is 12.5. The highest BCUT2D eigenvalue weighted by molar-refractivity contribution is 5.85. The number of rotatable bonds is 8. The fourth-order valence-electron chi connectivity index (χ4n) is 2.65. The quantitative estimate of drug-likeness (QED) is 0.739. The maximum Gasteiger partial charge on any atom is 0.328 e. The van der Waals surface area contributed by atoms with Gasteiger partial charge < -0.3 is 14.8 Å². The number of ether oxygens (including phenoxy) is 2. The van der Waals surface area contributed by atoms with Crippen molar-refractivity contribution in [3.05, 3.63) is 65.7 Å². The van der Waals surface area contributed by atoms with Crippen LogP contribution in [0.2, 0.25) is 0 Å². The molecule has 0 aliphatic heterocycles. The number of hydrogen-bond acceptors (Lipinski definition) is 4. The van der Waals surface area contributed by atoms with E-state index in [2.05, 4.69) is 19.2 Å². The molecule has 1 amide bonds. The predicted molar refractivity (Wildman–Crippen MR) is 100 cm³/mol. The third-order valence-electron chi connectivity index (χ3n) is 4.00. The molecule has 138 valence electrons. The molecule has 0 aromatic heterocycles. The molecule has 1 unspecified atom stereocenters. The van der Waals surface area contributed by atoms with Gasteiger partial charge in [0.15, 0.2) is 6.61 Å². The van der Waals surface area contributed by atoms with Gasteiger partial charge in [-0.15, -0.1) is 0 Å². The summed E-state index contributed by atoms with van der Waals surface area (Å²) in [4.78, 5) is 24.3. The Morgan fingerprint density at radius 2 is 1.65 bits per heavy atom. The number of benzene rings is 2. The van der Waals surface area contributed by atoms with Crippen molar-refractivity contribution >= 4 is 11.9 Å². The van der Waals surface area contributed by atoms with E-state index in [9.17, 15) is 9.59 Å². The van der Waals surface area contributed by atoms with E-state index >= 15 is 0 Å². The van der Waals surface area contributed by atoms with Crippen molar-refractivity contribution in [3.63, 3.8) is 0 Å². The van der Waals surface area contributed by atoms with Crippen molar-refractivity contribution in [2.24, 2.45) is 0 Å². The zero-order valence-corrected chi connectivity index (χ0v) is 15.4. The SMILES string of the molecule is COC(=O)C(Cc1ccccc1)NC(=O)COc1ccccc1C(C)C. The highest BCUT2D eigenvalue weighted by atomic mass is 16.5. The van der Waals surface area contributed by atoms with Gasteiger partial charge in [-0.05, 0) is 23.1 Å². The van der Waals surface area contributed by atoms with Crippen LogP contribution in [-0.2, 0) is 20.7 Å². The second-order valence-corrected chi connectivity index (χ2v) is 6.31. The molecule has 2 aromatic rings. The van der Waals surface area contributed by atoms with Crippen LogP contribution in [0.4, 0.5) is 0 Å². The van der Waals surface area contributed by atoms with E-state index in [4.69, 9.17) is 9.47 Å². The standard InChI is InChI=1S/C21H25NO4/c1-15(2)17-11-7-8-12-19(17)26-14-20(23)22-18(21(24)25-3)13-16-9-5-4-6-10-16/h4-12,15,18H,13-14H2,1-3H3,(H,22,23). The van der Waals surface area contributed by atoms with Crippen LogP contribution in [0.3, 0.4) is 0 Å². The number of methoxy groups -OCH3 is 1. The van der Waals surface area contributed by atoms with Gasteiger partial charge in [-0.2, -0.15) is 0 Å². The van der Waals surface area contributed by atoms with Gasteiger partial charge in [-0.1, -0.05) is 62.4 Å². The fourth-order valence-corrected chi connectivity index (χ4v) is 2.65. The second-order valence-electron chi connectivity index (χ2n) is 6.31. The lowest BCUT2D eigenvalue weighted by Crippen LogP contribution is -2.45. The summed E-state index contributed by atoms with van der Waals surface area (Å²) in [6, 6.07) is 16.3. The molecular formula is C21H25NO4. The molecule has 0 fully saturated rings. The van der Waals surface area contributed by atoms with Gasteiger partial charge in [0.1, 0.15) is 11.8 Å². The average Bonchev–Trinajstić information content (AvgIpc) is 2.66. The van der Waals surface area contributed by atoms with Crippen molar-refractivity contribution in [3.8, 4) is 5.75 Å². The summed E-state index contributed by atoms with van der Waals surface area (Å²) in [6.07, 6.45) is 0.363. The largest absolute Gasteiger partial charge is 0.483 e. The molecule has 5 nitrogen and oxygen atoms in total. The van der Waals surface area contributed by atoms with E-state index in [0.29, 0.717) is 12.2 Å². The maximum absolute atomic E-state index is 12.3. The lowest BCUT2D eigenvalue weighted by Gasteiger charge is -2.18. The Hall–Kier alpha value is -2.82. The van der Waals surface area contributed by atoms with E-state index < -0.39 is 12.0 Å². The smallest absolute Gasteiger partial charge is 0.328 e. The Balaban J connectivity index is 1.98. The first-order valence-corrected chi connectivity index (χ1v) is 8.64. The number of carbonyl (C=O) groups excluding carboxylic acids is 2. The van der Waals surface area contributed by atoms with Crippen LogP contribution in [-0.4, -0.2) is 31.6 Å². The zero-order chi connectivity index (χ0) is 18.9. The number of hydrogen-bond donors (Lipinski definition) is 1. The summed E-state index contributed by atoms with van der Waals surface area (Å²) >= 11 is 0. The highest BCUT2D eigenvalue weighted by Gasteiger charge is 2.22. The zero-order valence-electron chi connectivity index (χ0n) is 15.4. The molecule has 2 rings (SSSR count). The molecule has 1 atom stereocenters. The Kier molecular flexibility index (Phi) is 7.21. The van der Waals surface area contributed by atoms with E-state index in [1.165, 1.54) is 7.11 Å². The topological polar surface area (TPSA) is 64.6 Å². The van der Waals surface area contributed by atoms with Gasteiger partial charge in [0.25, 0.3) is 5.91 Å². The van der Waals surface area contributed by atoms with Crippen molar-refractivity contribution in [1.29, 1.82) is 0 Å². The minimum Gasteiger partial charge on any atom is -0.483 e. The van der Waals surface area contributed by atoms with Crippen molar-refractivity contribution in [2.45, 2.75) is 32.2 Å². The Morgan fingerprint density at radius 3 is 2.31 bits per heavy atom. The number of esters is 1. The van der Waals surface area contributed by atoms with Gasteiger partial charge in [0, 0.05) is 6.42 Å². The van der Waals surface area contributed by atoms with Crippen molar-refractivity contribution in [1.82, 2.24) is 5.32 Å². The average molecular weight is 355 g/mol. The summed E-state index contributed by atoms with van der Waals surface area (Å²) in [5, 5.41) is 2.70. The van der Waals surface area contributed by atoms with E-state index in [1.54, 1.807) is 0 Å². The number of nitrogens with one attached hydrogen (secondary N) is 1. The predicted octanol–water partition coefficient (Wildman–Crippen LogP) is 3.09. The molecule has 0 saturated heterocycles. The Bertz CT molecular complexity index is 728. The fraction of sp³-hybridized carbons (Fsp3) is 0.333. The number of amides is 1. The lowest BCUT2D eigenvalue weighted by molar-refractivity contribution is -0.145. The van der Waals surface area contributed by atoms with Crippen LogP contribution >= 0.6 is 0 Å². The van der Waals surface area contributed by atoms with Gasteiger partial charge in [-0.3, -0.25) is 4.79 Å². The molecule has 26 heavy (non-hydrogen) atoms. The summed E-state index contributed by atoms with van der Waals surface area (Å²) in [7, 11) is 1.31. The first kappa shape index (κ1) is 19.5. The molecule has 1 N–H and O–H groups in total. The molecule has 0 spiro atoms. The molecule has 0 bridgehead atoms. The van der Waals surface area contributed by atoms with Gasteiger partial charge in [0.2, 0.25) is 0 Å². The summed E-state index contributed by atoms with van der Waals surface area (Å²) < 4.78 is 10.5. The van der Waals surface area contributed by atoms with E-state index in [-0.39, 0.29) is 18.4 Å². The summed E-state index contributed by atoms with van der Waals surface area (Å²) in [5.74, 6) is 0.116. The van der Waals surface area contributed by atoms with Crippen LogP contribution in [0.25, 0.3) is 0 Å². The van der Waals surface area contributed by atoms with Crippen LogP contribution in [0.15, 0.2) is 54.6 Å². The van der Waals surface area contributed by atoms with Crippen LogP contribution in [0.1, 0.15) is 30.9 Å². The minimum absolute atomic E-state index is 0.161. The Morgan fingerprint density at radius 1 is 1.00 bits per heavy atom. The minimum atomic E-state index is -0.751. The van der Waals surface area contributed by atoms with E-state index in [1.807, 2.05) is 54.6 Å². The van der Waals surface area contributed by atoms with Crippen LogP contribution in [0.5, 0.6) is 5.75 Å². The first-order valence-electron chi connectivity index (χ1n) is 8.64. The van der Waals surface area contributed by atoms with Gasteiger partial charge in [0.05, 0.1) is 7.11 Å². The van der Waals surface area contributed by atoms with Crippen molar-refractivity contribution in [2.75, 3.05) is 13.7 Å². The summed E-state index contributed by atoms with van der Waals surface area (Å²) in [5.41, 5.74) is 1.98. The molecule has 5 heteroatoms. The van der Waals surface area contributed by atoms with Crippen molar-refractivity contribution < 1.29 is 19.1 Å². The van der Waals surface area contributed by atoms with Gasteiger partial charge in [-0.25, -0.2) is 4.79 Å². The molecule has 0 aliphatic rings. The summed E-state index contributed by atoms with van der Waals surface area (Å²) in [6.45, 7) is 3.97. The molecule has 2 aromatic carbocycles. The highest BCUT2D eigenvalue weighted by Crippen LogP contribution is 2.25. The molecule has 0 heterocycles. The van der Waals surface area contributed by atoms with Crippen LogP contribution in [0, 0.1) is 0 Å². The monoisotopic (exact) mass is 355 g/mol. The Labute approximate surface area is 154 Å². The number of carbonyl (C=O) groups is 2. The maximum atomic E-state index is 12.3. The second kappa shape index (κ2) is 9.61. The molecule has 0 saturated carbocycles. The normalized spacial score (nSPS) is 11.7. The van der Waals surface area contributed by atoms with Gasteiger partial charge >= 0.3 is 5.97 Å². The molecule has 0 radical (unpaired) electrons. The molecular weight excluding hydrogens is 330 g/mol. The van der Waals surface area contributed by atoms with E-state index in [0.717, 1.165) is 11.1 Å². The van der Waals surface area contributed by atoms with Crippen LogP contribution < -0.4 is 10.1 Å². The lowest BCUT2D eigenvalue weighted by atomic mass is 10.0. The number of para-hydroxylation sites is 1. The molecule has 0 aliphatic carbocycles. The third kappa shape index (κ3) is 5.62. The third-order valence-corrected chi connectivity index (χ3v) is 4.00.